The molecule has 2 aromatic carbocycles. The molecule has 0 radical (unpaired) electrons. The molecule has 24 heavy (non-hydrogen) atoms. The quantitative estimate of drug-likeness (QED) is 0.382. The van der Waals surface area contributed by atoms with E-state index in [1.807, 2.05) is 24.3 Å². The molecule has 4 N–H and O–H groups in total. The standard InChI is InChI=1S/C18H18N4O2/c1-12-2-4-13(5-3-12)11-24-15-8-6-14(7-9-15)16-10-17(22-21-16)18(23)20-19/h2-10H,11,19H2,1H3,(H,20,23)(H,21,22). The summed E-state index contributed by atoms with van der Waals surface area (Å²) in [6.07, 6.45) is 0. The van der Waals surface area contributed by atoms with Crippen LogP contribution in [0.5, 0.6) is 5.75 Å². The van der Waals surface area contributed by atoms with Gasteiger partial charge >= 0.3 is 0 Å². The van der Waals surface area contributed by atoms with Crippen LogP contribution >= 0.6 is 0 Å². The lowest BCUT2D eigenvalue weighted by Crippen LogP contribution is -2.30. The zero-order chi connectivity index (χ0) is 16.9. The lowest BCUT2D eigenvalue weighted by Gasteiger charge is -2.07. The molecule has 3 aromatic rings. The van der Waals surface area contributed by atoms with E-state index in [-0.39, 0.29) is 0 Å². The number of nitrogens with zero attached hydrogens (tertiary/aromatic N) is 1. The Hall–Kier alpha value is -3.12. The lowest BCUT2D eigenvalue weighted by atomic mass is 10.1. The minimum absolute atomic E-state index is 0.312. The van der Waals surface area contributed by atoms with Crippen LogP contribution in [-0.2, 0) is 6.61 Å². The van der Waals surface area contributed by atoms with Crippen molar-refractivity contribution in [2.45, 2.75) is 13.5 Å². The molecule has 0 aliphatic rings. The zero-order valence-corrected chi connectivity index (χ0v) is 13.2. The number of benzene rings is 2. The number of aromatic nitrogens is 2. The predicted molar refractivity (Wildman–Crippen MR) is 91.2 cm³/mol. The number of nitrogen functional groups attached to an aromatic ring is 1. The molecule has 0 spiro atoms. The Kier molecular flexibility index (Phi) is 4.58. The zero-order valence-electron chi connectivity index (χ0n) is 13.2. The average Bonchev–Trinajstić information content (AvgIpc) is 3.11. The molecule has 0 saturated carbocycles. The van der Waals surface area contributed by atoms with Gasteiger partial charge in [-0.2, -0.15) is 5.10 Å². The van der Waals surface area contributed by atoms with Gasteiger partial charge < -0.3 is 4.74 Å². The van der Waals surface area contributed by atoms with Crippen molar-refractivity contribution in [2.24, 2.45) is 5.84 Å². The third kappa shape index (κ3) is 3.61. The summed E-state index contributed by atoms with van der Waals surface area (Å²) in [6.45, 7) is 2.57. The van der Waals surface area contributed by atoms with E-state index in [0.717, 1.165) is 16.9 Å². The summed E-state index contributed by atoms with van der Waals surface area (Å²) in [5.74, 6) is 5.46. The maximum absolute atomic E-state index is 11.4. The predicted octanol–water partition coefficient (Wildman–Crippen LogP) is 2.57. The van der Waals surface area contributed by atoms with Crippen molar-refractivity contribution in [3.05, 3.63) is 71.4 Å². The van der Waals surface area contributed by atoms with E-state index < -0.39 is 5.91 Å². The number of aryl methyl sites for hydroxylation is 1. The molecule has 1 amide bonds. The molecular formula is C18H18N4O2. The van der Waals surface area contributed by atoms with Crippen LogP contribution in [0.3, 0.4) is 0 Å². The van der Waals surface area contributed by atoms with E-state index in [1.165, 1.54) is 5.56 Å². The number of ether oxygens (including phenoxy) is 1. The number of nitrogens with one attached hydrogen (secondary N) is 2. The number of hydrazine groups is 1. The monoisotopic (exact) mass is 322 g/mol. The lowest BCUT2D eigenvalue weighted by molar-refractivity contribution is 0.0948. The molecular weight excluding hydrogens is 304 g/mol. The first-order chi connectivity index (χ1) is 11.7. The van der Waals surface area contributed by atoms with Gasteiger partial charge in [0, 0.05) is 5.56 Å². The minimum atomic E-state index is -0.410. The Morgan fingerprint density at radius 3 is 2.54 bits per heavy atom. The molecule has 0 fully saturated rings. The normalized spacial score (nSPS) is 10.4. The number of rotatable bonds is 5. The number of aromatic amines is 1. The number of nitrogens with two attached hydrogens (primary N) is 1. The smallest absolute Gasteiger partial charge is 0.283 e. The summed E-state index contributed by atoms with van der Waals surface area (Å²) in [6, 6.07) is 17.4. The van der Waals surface area contributed by atoms with Crippen molar-refractivity contribution >= 4 is 5.91 Å². The van der Waals surface area contributed by atoms with Gasteiger partial charge in [0.2, 0.25) is 0 Å². The number of hydrogen-bond acceptors (Lipinski definition) is 4. The molecule has 0 aliphatic carbocycles. The highest BCUT2D eigenvalue weighted by Crippen LogP contribution is 2.22. The maximum Gasteiger partial charge on any atom is 0.283 e. The van der Waals surface area contributed by atoms with Crippen LogP contribution in [0.1, 0.15) is 21.6 Å². The number of carbonyl (C=O) groups excluding carboxylic acids is 1. The Morgan fingerprint density at radius 1 is 1.17 bits per heavy atom. The first kappa shape index (κ1) is 15.8. The fraction of sp³-hybridized carbons (Fsp3) is 0.111. The van der Waals surface area contributed by atoms with E-state index in [1.54, 1.807) is 6.07 Å². The van der Waals surface area contributed by atoms with Gasteiger partial charge in [-0.3, -0.25) is 15.3 Å². The van der Waals surface area contributed by atoms with Crippen LogP contribution in [0, 0.1) is 6.92 Å². The third-order valence-corrected chi connectivity index (χ3v) is 3.63. The topological polar surface area (TPSA) is 93.0 Å². The van der Waals surface area contributed by atoms with Crippen molar-refractivity contribution < 1.29 is 9.53 Å². The average molecular weight is 322 g/mol. The maximum atomic E-state index is 11.4. The van der Waals surface area contributed by atoms with Crippen molar-refractivity contribution in [2.75, 3.05) is 0 Å². The van der Waals surface area contributed by atoms with E-state index in [2.05, 4.69) is 46.8 Å². The van der Waals surface area contributed by atoms with Gasteiger partial charge in [0.05, 0.1) is 5.69 Å². The molecule has 0 unspecified atom stereocenters. The molecule has 3 rings (SSSR count). The summed E-state index contributed by atoms with van der Waals surface area (Å²) in [4.78, 5) is 11.4. The van der Waals surface area contributed by atoms with Gasteiger partial charge in [-0.15, -0.1) is 0 Å². The van der Waals surface area contributed by atoms with Gasteiger partial charge in [-0.25, -0.2) is 5.84 Å². The van der Waals surface area contributed by atoms with Crippen molar-refractivity contribution in [1.82, 2.24) is 15.6 Å². The summed E-state index contributed by atoms with van der Waals surface area (Å²) in [5, 5.41) is 6.75. The van der Waals surface area contributed by atoms with Crippen molar-refractivity contribution in [3.63, 3.8) is 0 Å². The second-order valence-corrected chi connectivity index (χ2v) is 5.44. The Balaban J connectivity index is 1.65. The van der Waals surface area contributed by atoms with Gasteiger partial charge in [0.25, 0.3) is 5.91 Å². The highest BCUT2D eigenvalue weighted by molar-refractivity contribution is 5.92. The fourth-order valence-corrected chi connectivity index (χ4v) is 2.24. The number of carbonyl (C=O) groups is 1. The Morgan fingerprint density at radius 2 is 1.88 bits per heavy atom. The SMILES string of the molecule is Cc1ccc(COc2ccc(-c3cc(C(=O)NN)[nH]n3)cc2)cc1. The molecule has 122 valence electrons. The molecule has 1 aromatic heterocycles. The third-order valence-electron chi connectivity index (χ3n) is 3.63. The van der Waals surface area contributed by atoms with Crippen LogP contribution in [0.25, 0.3) is 11.3 Å². The van der Waals surface area contributed by atoms with E-state index >= 15 is 0 Å². The molecule has 6 heteroatoms. The molecule has 0 aliphatic heterocycles. The van der Waals surface area contributed by atoms with E-state index in [0.29, 0.717) is 18.0 Å². The van der Waals surface area contributed by atoms with Gasteiger partial charge in [-0.05, 0) is 42.8 Å². The Bertz CT molecular complexity index is 823. The number of H-pyrrole nitrogens is 1. The van der Waals surface area contributed by atoms with Gasteiger partial charge in [0.1, 0.15) is 18.1 Å². The molecule has 6 nitrogen and oxygen atoms in total. The van der Waals surface area contributed by atoms with E-state index in [4.69, 9.17) is 10.6 Å². The first-order valence-corrected chi connectivity index (χ1v) is 7.51. The molecule has 1 heterocycles. The molecule has 0 bridgehead atoms. The highest BCUT2D eigenvalue weighted by Gasteiger charge is 2.09. The van der Waals surface area contributed by atoms with Gasteiger partial charge in [-0.1, -0.05) is 29.8 Å². The number of amides is 1. The van der Waals surface area contributed by atoms with Crippen LogP contribution in [-0.4, -0.2) is 16.1 Å². The Labute approximate surface area is 139 Å². The molecule has 0 atom stereocenters. The summed E-state index contributed by atoms with van der Waals surface area (Å²) < 4.78 is 5.77. The first-order valence-electron chi connectivity index (χ1n) is 7.51. The summed E-state index contributed by atoms with van der Waals surface area (Å²) in [5.41, 5.74) is 6.26. The number of hydrogen-bond donors (Lipinski definition) is 3. The largest absolute Gasteiger partial charge is 0.489 e. The van der Waals surface area contributed by atoms with Crippen molar-refractivity contribution in [1.29, 1.82) is 0 Å². The second kappa shape index (κ2) is 6.97. The van der Waals surface area contributed by atoms with Crippen LogP contribution in [0.2, 0.25) is 0 Å². The fourth-order valence-electron chi connectivity index (χ4n) is 2.24. The minimum Gasteiger partial charge on any atom is -0.489 e. The summed E-state index contributed by atoms with van der Waals surface area (Å²) in [7, 11) is 0. The summed E-state index contributed by atoms with van der Waals surface area (Å²) >= 11 is 0. The van der Waals surface area contributed by atoms with E-state index in [9.17, 15) is 4.79 Å². The molecule has 0 saturated heterocycles. The van der Waals surface area contributed by atoms with Crippen LogP contribution in [0.4, 0.5) is 0 Å². The second-order valence-electron chi connectivity index (χ2n) is 5.44. The highest BCUT2D eigenvalue weighted by atomic mass is 16.5. The van der Waals surface area contributed by atoms with Gasteiger partial charge in [0.15, 0.2) is 0 Å². The van der Waals surface area contributed by atoms with Crippen LogP contribution < -0.4 is 16.0 Å². The van der Waals surface area contributed by atoms with Crippen LogP contribution in [0.15, 0.2) is 54.6 Å². The van der Waals surface area contributed by atoms with Crippen molar-refractivity contribution in [3.8, 4) is 17.0 Å².